The molecule has 0 spiro atoms. The second kappa shape index (κ2) is 7.88. The molecule has 0 bridgehead atoms. The maximum Gasteiger partial charge on any atom is 0.260 e. The number of carbonyl (C=O) groups excluding carboxylic acids is 2. The van der Waals surface area contributed by atoms with Crippen LogP contribution >= 0.6 is 22.6 Å². The molecule has 3 heterocycles. The fourth-order valence-electron chi connectivity index (χ4n) is 3.29. The van der Waals surface area contributed by atoms with Crippen LogP contribution in [0.3, 0.4) is 0 Å². The van der Waals surface area contributed by atoms with Gasteiger partial charge in [0.05, 0.1) is 17.5 Å². The summed E-state index contributed by atoms with van der Waals surface area (Å²) in [6.45, 7) is 3.98. The third-order valence-corrected chi connectivity index (χ3v) is 5.62. The van der Waals surface area contributed by atoms with Gasteiger partial charge in [-0.15, -0.1) is 0 Å². The first-order valence-corrected chi connectivity index (χ1v) is 10.1. The number of rotatable bonds is 3. The normalized spacial score (nSPS) is 18.8. The molecule has 2 aromatic rings. The van der Waals surface area contributed by atoms with Crippen LogP contribution in [0.15, 0.2) is 42.7 Å². The van der Waals surface area contributed by atoms with E-state index in [9.17, 15) is 9.59 Å². The second-order valence-electron chi connectivity index (χ2n) is 6.87. The van der Waals surface area contributed by atoms with E-state index in [1.807, 2.05) is 24.3 Å². The molecule has 0 atom stereocenters. The topological polar surface area (TPSA) is 77.6 Å². The number of amides is 2. The van der Waals surface area contributed by atoms with Gasteiger partial charge in [0.15, 0.2) is 0 Å². The number of aromatic nitrogens is 1. The Balaban J connectivity index is 1.53. The van der Waals surface area contributed by atoms with Gasteiger partial charge in [-0.1, -0.05) is 0 Å². The van der Waals surface area contributed by atoms with Crippen LogP contribution in [-0.2, 0) is 4.79 Å². The number of nitrogens with one attached hydrogen (secondary N) is 2. The summed E-state index contributed by atoms with van der Waals surface area (Å²) in [4.78, 5) is 33.5. The first kappa shape index (κ1) is 18.9. The van der Waals surface area contributed by atoms with Crippen molar-refractivity contribution >= 4 is 51.5 Å². The molecule has 0 radical (unpaired) electrons. The van der Waals surface area contributed by atoms with Gasteiger partial charge in [-0.3, -0.25) is 14.9 Å². The molecule has 8 heteroatoms. The van der Waals surface area contributed by atoms with Gasteiger partial charge in [0.1, 0.15) is 5.82 Å². The van der Waals surface area contributed by atoms with Gasteiger partial charge in [-0.2, -0.15) is 0 Å². The van der Waals surface area contributed by atoms with Crippen molar-refractivity contribution < 1.29 is 9.59 Å². The quantitative estimate of drug-likeness (QED) is 0.391. The minimum absolute atomic E-state index is 0.369. The van der Waals surface area contributed by atoms with Crippen LogP contribution in [0.5, 0.6) is 0 Å². The molecule has 2 aliphatic heterocycles. The van der Waals surface area contributed by atoms with Crippen molar-refractivity contribution in [3.05, 3.63) is 57.4 Å². The molecule has 1 saturated heterocycles. The van der Waals surface area contributed by atoms with Crippen molar-refractivity contribution in [1.82, 2.24) is 15.2 Å². The smallest absolute Gasteiger partial charge is 0.260 e. The summed E-state index contributed by atoms with van der Waals surface area (Å²) < 4.78 is 0.961. The molecule has 7 nitrogen and oxygen atoms in total. The number of benzene rings is 1. The van der Waals surface area contributed by atoms with Crippen LogP contribution in [0.2, 0.25) is 0 Å². The summed E-state index contributed by atoms with van der Waals surface area (Å²) >= 11 is 2.17. The molecule has 1 fully saturated rings. The lowest BCUT2D eigenvalue weighted by atomic mass is 9.96. The Labute approximate surface area is 176 Å². The molecule has 2 N–H and O–H groups in total. The van der Waals surface area contributed by atoms with Gasteiger partial charge < -0.3 is 15.1 Å². The van der Waals surface area contributed by atoms with Crippen LogP contribution in [0.1, 0.15) is 15.9 Å². The zero-order chi connectivity index (χ0) is 19.7. The van der Waals surface area contributed by atoms with Gasteiger partial charge in [-0.25, -0.2) is 4.98 Å². The number of fused-ring (bicyclic) bond motifs is 1. The molecule has 144 valence electrons. The Kier molecular flexibility index (Phi) is 5.31. The predicted molar refractivity (Wildman–Crippen MR) is 117 cm³/mol. The number of nitrogens with zero attached hydrogens (tertiary/aromatic N) is 3. The maximum atomic E-state index is 12.3. The van der Waals surface area contributed by atoms with E-state index in [2.05, 4.69) is 55.1 Å². The van der Waals surface area contributed by atoms with Crippen molar-refractivity contribution in [2.45, 2.75) is 0 Å². The highest BCUT2D eigenvalue weighted by atomic mass is 127. The number of imide groups is 1. The molecule has 0 saturated carbocycles. The summed E-state index contributed by atoms with van der Waals surface area (Å²) in [5.74, 6) is 0.174. The van der Waals surface area contributed by atoms with Gasteiger partial charge in [0, 0.05) is 47.1 Å². The van der Waals surface area contributed by atoms with E-state index in [0.717, 1.165) is 41.3 Å². The summed E-state index contributed by atoms with van der Waals surface area (Å²) in [5, 5.41) is 5.51. The average molecular weight is 489 g/mol. The number of anilines is 2. The number of likely N-dealkylation sites (N-methyl/N-ethyl adjacent to an activating group) is 1. The zero-order valence-corrected chi connectivity index (χ0v) is 17.6. The summed E-state index contributed by atoms with van der Waals surface area (Å²) in [5.41, 5.74) is 2.34. The number of piperazine rings is 1. The molecular weight excluding hydrogens is 469 g/mol. The Morgan fingerprint density at radius 1 is 1.07 bits per heavy atom. The molecule has 0 aliphatic carbocycles. The monoisotopic (exact) mass is 489 g/mol. The standard InChI is InChI=1S/C20H20IN5O2/c1-25-6-8-26(9-7-25)18-5-3-14(11-23-18)22-12-17-16-10-13(21)2-4-15(16)19(27)24-20(17)28/h2-5,10-12,22H,6-9H2,1H3,(H,24,27,28). The maximum absolute atomic E-state index is 12.3. The summed E-state index contributed by atoms with van der Waals surface area (Å²) in [6.07, 6.45) is 3.38. The molecular formula is C20H20IN5O2. The van der Waals surface area contributed by atoms with E-state index in [0.29, 0.717) is 16.7 Å². The van der Waals surface area contributed by atoms with Crippen LogP contribution in [0.4, 0.5) is 11.5 Å². The largest absolute Gasteiger partial charge is 0.360 e. The van der Waals surface area contributed by atoms with Gasteiger partial charge in [0.2, 0.25) is 0 Å². The molecule has 2 aliphatic rings. The van der Waals surface area contributed by atoms with Crippen LogP contribution in [-0.4, -0.2) is 54.9 Å². The minimum atomic E-state index is -0.408. The second-order valence-corrected chi connectivity index (χ2v) is 8.12. The Morgan fingerprint density at radius 2 is 1.86 bits per heavy atom. The Morgan fingerprint density at radius 3 is 2.57 bits per heavy atom. The predicted octanol–water partition coefficient (Wildman–Crippen LogP) is 2.16. The third kappa shape index (κ3) is 3.88. The molecule has 4 rings (SSSR count). The highest BCUT2D eigenvalue weighted by Gasteiger charge is 2.27. The Hall–Kier alpha value is -2.46. The summed E-state index contributed by atoms with van der Waals surface area (Å²) in [6, 6.07) is 9.35. The van der Waals surface area contributed by atoms with Gasteiger partial charge >= 0.3 is 0 Å². The van der Waals surface area contributed by atoms with E-state index >= 15 is 0 Å². The Bertz CT molecular complexity index is 950. The fourth-order valence-corrected chi connectivity index (χ4v) is 3.78. The average Bonchev–Trinajstić information content (AvgIpc) is 2.68. The molecule has 1 aromatic carbocycles. The van der Waals surface area contributed by atoms with E-state index in [4.69, 9.17) is 0 Å². The highest BCUT2D eigenvalue weighted by Crippen LogP contribution is 2.26. The number of pyridine rings is 1. The van der Waals surface area contributed by atoms with Gasteiger partial charge in [-0.05, 0) is 60.0 Å². The van der Waals surface area contributed by atoms with Crippen molar-refractivity contribution in [3.8, 4) is 0 Å². The zero-order valence-electron chi connectivity index (χ0n) is 15.4. The third-order valence-electron chi connectivity index (χ3n) is 4.95. The first-order chi connectivity index (χ1) is 13.5. The van der Waals surface area contributed by atoms with E-state index < -0.39 is 5.91 Å². The van der Waals surface area contributed by atoms with Gasteiger partial charge in [0.25, 0.3) is 11.8 Å². The van der Waals surface area contributed by atoms with Crippen molar-refractivity contribution in [1.29, 1.82) is 0 Å². The fraction of sp³-hybridized carbons (Fsp3) is 0.250. The highest BCUT2D eigenvalue weighted by molar-refractivity contribution is 14.1. The van der Waals surface area contributed by atoms with Crippen molar-refractivity contribution in [2.75, 3.05) is 43.4 Å². The van der Waals surface area contributed by atoms with Crippen LogP contribution < -0.4 is 15.5 Å². The molecule has 28 heavy (non-hydrogen) atoms. The number of hydrogen-bond acceptors (Lipinski definition) is 6. The van der Waals surface area contributed by atoms with E-state index in [1.165, 1.54) is 0 Å². The van der Waals surface area contributed by atoms with Crippen molar-refractivity contribution in [2.24, 2.45) is 0 Å². The molecule has 0 unspecified atom stereocenters. The van der Waals surface area contributed by atoms with E-state index in [-0.39, 0.29) is 5.91 Å². The van der Waals surface area contributed by atoms with Crippen LogP contribution in [0.25, 0.3) is 5.57 Å². The van der Waals surface area contributed by atoms with Crippen molar-refractivity contribution in [3.63, 3.8) is 0 Å². The number of halogens is 1. The lowest BCUT2D eigenvalue weighted by Gasteiger charge is -2.33. The number of carbonyl (C=O) groups is 2. The molecule has 2 amide bonds. The first-order valence-electron chi connectivity index (χ1n) is 9.03. The van der Waals surface area contributed by atoms with Crippen LogP contribution in [0, 0.1) is 3.57 Å². The summed E-state index contributed by atoms with van der Waals surface area (Å²) in [7, 11) is 2.12. The number of hydrogen-bond donors (Lipinski definition) is 2. The van der Waals surface area contributed by atoms with E-state index in [1.54, 1.807) is 18.5 Å². The lowest BCUT2D eigenvalue weighted by Crippen LogP contribution is -2.44. The lowest BCUT2D eigenvalue weighted by molar-refractivity contribution is -0.114. The minimum Gasteiger partial charge on any atom is -0.360 e. The molecule has 1 aromatic heterocycles. The SMILES string of the molecule is CN1CCN(c2ccc(NC=C3C(=O)NC(=O)c4ccc(I)cc43)cn2)CC1.